The van der Waals surface area contributed by atoms with E-state index in [1.165, 1.54) is 0 Å². The highest BCUT2D eigenvalue weighted by molar-refractivity contribution is 5.74. The summed E-state index contributed by atoms with van der Waals surface area (Å²) in [5, 5.41) is 15.8. The second kappa shape index (κ2) is 7.99. The number of urea groups is 1. The third kappa shape index (κ3) is 8.94. The Bertz CT molecular complexity index is 316. The van der Waals surface area contributed by atoms with E-state index in [-0.39, 0.29) is 29.4 Å². The minimum atomic E-state index is -0.557. The number of carbonyl (C=O) groups excluding carboxylic acids is 1. The summed E-state index contributed by atoms with van der Waals surface area (Å²) in [6, 6.07) is -0.122. The zero-order chi connectivity index (χ0) is 16.8. The molecule has 0 saturated heterocycles. The summed E-state index contributed by atoms with van der Waals surface area (Å²) in [4.78, 5) is 14.1. The predicted octanol–water partition coefficient (Wildman–Crippen LogP) is 2.06. The van der Waals surface area contributed by atoms with Crippen LogP contribution in [0.2, 0.25) is 0 Å². The first-order valence-corrected chi connectivity index (χ1v) is 7.71. The van der Waals surface area contributed by atoms with Crippen LogP contribution in [0.1, 0.15) is 48.0 Å². The molecule has 0 aromatic carbocycles. The van der Waals surface area contributed by atoms with Crippen LogP contribution in [-0.4, -0.2) is 55.4 Å². The van der Waals surface area contributed by atoms with Gasteiger partial charge in [0.2, 0.25) is 0 Å². The largest absolute Gasteiger partial charge is 0.391 e. The van der Waals surface area contributed by atoms with Crippen molar-refractivity contribution in [2.45, 2.75) is 60.1 Å². The van der Waals surface area contributed by atoms with Crippen LogP contribution in [0, 0.1) is 10.8 Å². The summed E-state index contributed by atoms with van der Waals surface area (Å²) in [7, 11) is 4.05. The molecule has 2 unspecified atom stereocenters. The molecule has 5 nitrogen and oxygen atoms in total. The van der Waals surface area contributed by atoms with Gasteiger partial charge in [-0.1, -0.05) is 41.5 Å². The molecule has 3 N–H and O–H groups in total. The van der Waals surface area contributed by atoms with Crippen molar-refractivity contribution in [1.29, 1.82) is 0 Å². The van der Waals surface area contributed by atoms with E-state index in [9.17, 15) is 9.90 Å². The van der Waals surface area contributed by atoms with Crippen molar-refractivity contribution in [2.75, 3.05) is 27.2 Å². The molecule has 2 atom stereocenters. The highest BCUT2D eigenvalue weighted by atomic mass is 16.3. The lowest BCUT2D eigenvalue weighted by molar-refractivity contribution is 0.0646. The fourth-order valence-corrected chi connectivity index (χ4v) is 1.81. The van der Waals surface area contributed by atoms with Gasteiger partial charge in [0.15, 0.2) is 0 Å². The first kappa shape index (κ1) is 20.2. The van der Waals surface area contributed by atoms with Crippen molar-refractivity contribution in [2.24, 2.45) is 10.8 Å². The lowest BCUT2D eigenvalue weighted by Crippen LogP contribution is -2.51. The molecular weight excluding hydrogens is 266 g/mol. The molecule has 5 heteroatoms. The Balaban J connectivity index is 4.41. The molecule has 0 rings (SSSR count). The van der Waals surface area contributed by atoms with E-state index in [1.54, 1.807) is 0 Å². The summed E-state index contributed by atoms with van der Waals surface area (Å²) in [5.41, 5.74) is -0.238. The van der Waals surface area contributed by atoms with E-state index in [2.05, 4.69) is 36.3 Å². The number of rotatable bonds is 6. The van der Waals surface area contributed by atoms with E-state index >= 15 is 0 Å². The van der Waals surface area contributed by atoms with Gasteiger partial charge in [0, 0.05) is 12.6 Å². The number of nitrogens with zero attached hydrogens (tertiary/aromatic N) is 1. The van der Waals surface area contributed by atoms with E-state index < -0.39 is 6.10 Å². The van der Waals surface area contributed by atoms with Gasteiger partial charge in [0.1, 0.15) is 0 Å². The molecule has 0 radical (unpaired) electrons. The summed E-state index contributed by atoms with van der Waals surface area (Å²) >= 11 is 0. The number of aliphatic hydroxyl groups excluding tert-OH is 1. The lowest BCUT2D eigenvalue weighted by atomic mass is 9.84. The van der Waals surface area contributed by atoms with Crippen molar-refractivity contribution < 1.29 is 9.90 Å². The maximum atomic E-state index is 12.0. The zero-order valence-electron chi connectivity index (χ0n) is 15.1. The first-order chi connectivity index (χ1) is 9.34. The SMILES string of the molecule is CN(C)CCC(NC(=O)NCC(O)C(C)(C)C)C(C)(C)C. The third-order valence-corrected chi connectivity index (χ3v) is 3.67. The van der Waals surface area contributed by atoms with Crippen molar-refractivity contribution in [3.63, 3.8) is 0 Å². The molecule has 2 amide bonds. The molecule has 0 aromatic rings. The van der Waals surface area contributed by atoms with Gasteiger partial charge in [-0.05, 0) is 37.9 Å². The number of carbonyl (C=O) groups is 1. The Morgan fingerprint density at radius 2 is 1.62 bits per heavy atom. The van der Waals surface area contributed by atoms with E-state index in [0.29, 0.717) is 0 Å². The van der Waals surface area contributed by atoms with E-state index in [1.807, 2.05) is 34.9 Å². The molecule has 126 valence electrons. The Hall–Kier alpha value is -0.810. The summed E-state index contributed by atoms with van der Waals surface area (Å²) in [6.07, 6.45) is 0.337. The van der Waals surface area contributed by atoms with Crippen LogP contribution in [0.3, 0.4) is 0 Å². The van der Waals surface area contributed by atoms with Crippen LogP contribution in [-0.2, 0) is 0 Å². The van der Waals surface area contributed by atoms with Gasteiger partial charge >= 0.3 is 6.03 Å². The second-order valence-electron chi connectivity index (χ2n) is 8.25. The Morgan fingerprint density at radius 3 is 2.00 bits per heavy atom. The first-order valence-electron chi connectivity index (χ1n) is 7.71. The van der Waals surface area contributed by atoms with Crippen molar-refractivity contribution in [3.05, 3.63) is 0 Å². The Morgan fingerprint density at radius 1 is 1.10 bits per heavy atom. The molecule has 0 saturated carbocycles. The van der Waals surface area contributed by atoms with Crippen LogP contribution < -0.4 is 10.6 Å². The summed E-state index contributed by atoms with van der Waals surface area (Å²) in [5.74, 6) is 0. The highest BCUT2D eigenvalue weighted by Crippen LogP contribution is 2.22. The van der Waals surface area contributed by atoms with Crippen LogP contribution >= 0.6 is 0 Å². The van der Waals surface area contributed by atoms with Crippen LogP contribution in [0.4, 0.5) is 4.79 Å². The van der Waals surface area contributed by atoms with Crippen LogP contribution in [0.15, 0.2) is 0 Å². The molecule has 0 aliphatic carbocycles. The Labute approximate surface area is 130 Å². The van der Waals surface area contributed by atoms with Crippen molar-refractivity contribution in [3.8, 4) is 0 Å². The van der Waals surface area contributed by atoms with Crippen LogP contribution in [0.5, 0.6) is 0 Å². The van der Waals surface area contributed by atoms with Crippen molar-refractivity contribution in [1.82, 2.24) is 15.5 Å². The predicted molar refractivity (Wildman–Crippen MR) is 88.4 cm³/mol. The lowest BCUT2D eigenvalue weighted by Gasteiger charge is -2.33. The van der Waals surface area contributed by atoms with E-state index in [0.717, 1.165) is 13.0 Å². The molecular formula is C16H35N3O2. The second-order valence-corrected chi connectivity index (χ2v) is 8.25. The molecule has 0 fully saturated rings. The smallest absolute Gasteiger partial charge is 0.315 e. The van der Waals surface area contributed by atoms with Crippen LogP contribution in [0.25, 0.3) is 0 Å². The van der Waals surface area contributed by atoms with Gasteiger partial charge in [-0.25, -0.2) is 4.79 Å². The molecule has 0 aromatic heterocycles. The van der Waals surface area contributed by atoms with Gasteiger partial charge in [-0.15, -0.1) is 0 Å². The van der Waals surface area contributed by atoms with Gasteiger partial charge < -0.3 is 20.6 Å². The average molecular weight is 301 g/mol. The topological polar surface area (TPSA) is 64.6 Å². The highest BCUT2D eigenvalue weighted by Gasteiger charge is 2.27. The number of hydrogen-bond donors (Lipinski definition) is 3. The minimum Gasteiger partial charge on any atom is -0.391 e. The quantitative estimate of drug-likeness (QED) is 0.703. The maximum absolute atomic E-state index is 12.0. The fraction of sp³-hybridized carbons (Fsp3) is 0.938. The van der Waals surface area contributed by atoms with Gasteiger partial charge in [-0.3, -0.25) is 0 Å². The molecule has 0 aliphatic rings. The maximum Gasteiger partial charge on any atom is 0.315 e. The zero-order valence-corrected chi connectivity index (χ0v) is 15.1. The molecule has 0 bridgehead atoms. The molecule has 0 heterocycles. The average Bonchev–Trinajstić information content (AvgIpc) is 2.28. The minimum absolute atomic E-state index is 0.00397. The van der Waals surface area contributed by atoms with Gasteiger partial charge in [0.05, 0.1) is 6.10 Å². The number of amides is 2. The monoisotopic (exact) mass is 301 g/mol. The van der Waals surface area contributed by atoms with E-state index in [4.69, 9.17) is 0 Å². The van der Waals surface area contributed by atoms with Gasteiger partial charge in [-0.2, -0.15) is 0 Å². The number of nitrogens with one attached hydrogen (secondary N) is 2. The molecule has 21 heavy (non-hydrogen) atoms. The molecule has 0 aliphatic heterocycles. The van der Waals surface area contributed by atoms with Gasteiger partial charge in [0.25, 0.3) is 0 Å². The Kier molecular flexibility index (Phi) is 7.68. The molecule has 0 spiro atoms. The number of aliphatic hydroxyl groups is 1. The summed E-state index contributed by atoms with van der Waals surface area (Å²) in [6.45, 7) is 13.4. The third-order valence-electron chi connectivity index (χ3n) is 3.67. The van der Waals surface area contributed by atoms with Crippen molar-refractivity contribution >= 4 is 6.03 Å². The standard InChI is InChI=1S/C16H35N3O2/c1-15(2,3)12(9-10-19(7)8)18-14(21)17-11-13(20)16(4,5)6/h12-13,20H,9-11H2,1-8H3,(H2,17,18,21). The fourth-order valence-electron chi connectivity index (χ4n) is 1.81. The number of hydrogen-bond acceptors (Lipinski definition) is 3. The summed E-state index contributed by atoms with van der Waals surface area (Å²) < 4.78 is 0. The normalized spacial score (nSPS) is 15.7.